The summed E-state index contributed by atoms with van der Waals surface area (Å²) in [6.45, 7) is 0. The van der Waals surface area contributed by atoms with Crippen LogP contribution in [0.4, 0.5) is 0 Å². The third kappa shape index (κ3) is 2.23. The molecule has 3 aromatic carbocycles. The second-order valence-corrected chi connectivity index (χ2v) is 9.16. The Morgan fingerprint density at radius 2 is 1.59 bits per heavy atom. The highest BCUT2D eigenvalue weighted by Crippen LogP contribution is 2.43. The molecule has 0 saturated heterocycles. The Kier molecular flexibility index (Phi) is 3.40. The summed E-state index contributed by atoms with van der Waals surface area (Å²) in [7, 11) is 2.21. The number of rotatable bonds is 1. The number of para-hydroxylation sites is 1. The van der Waals surface area contributed by atoms with E-state index in [4.69, 9.17) is 0 Å². The summed E-state index contributed by atoms with van der Waals surface area (Å²) in [5.74, 6) is 0.769. The van der Waals surface area contributed by atoms with Crippen molar-refractivity contribution in [1.82, 2.24) is 4.57 Å². The maximum Gasteiger partial charge on any atom is 0.0670 e. The Bertz CT molecular complexity index is 1310. The van der Waals surface area contributed by atoms with Crippen LogP contribution in [0.1, 0.15) is 43.6 Å². The second-order valence-electron chi connectivity index (χ2n) is 8.11. The van der Waals surface area contributed by atoms with Crippen LogP contribution >= 0.6 is 11.3 Å². The number of aryl methyl sites for hydroxylation is 1. The van der Waals surface area contributed by atoms with Crippen LogP contribution in [0.15, 0.2) is 54.6 Å². The van der Waals surface area contributed by atoms with Crippen molar-refractivity contribution in [2.45, 2.75) is 38.0 Å². The SMILES string of the molecule is Cn1c2ccccc2c2ccc3c4ccc(C5CCCCC5)cc4sc3c21. The van der Waals surface area contributed by atoms with E-state index < -0.39 is 0 Å². The van der Waals surface area contributed by atoms with Crippen molar-refractivity contribution in [3.63, 3.8) is 0 Å². The first kappa shape index (κ1) is 15.7. The quantitative estimate of drug-likeness (QED) is 0.285. The fourth-order valence-corrected chi connectivity index (χ4v) is 6.53. The highest BCUT2D eigenvalue weighted by Gasteiger charge is 2.18. The van der Waals surface area contributed by atoms with Gasteiger partial charge in [-0.05, 0) is 36.5 Å². The molecule has 2 heterocycles. The first-order chi connectivity index (χ1) is 13.3. The molecule has 0 unspecified atom stereocenters. The highest BCUT2D eigenvalue weighted by molar-refractivity contribution is 7.26. The maximum absolute atomic E-state index is 2.49. The van der Waals surface area contributed by atoms with E-state index in [0.29, 0.717) is 0 Å². The lowest BCUT2D eigenvalue weighted by Crippen LogP contribution is -2.03. The predicted molar refractivity (Wildman–Crippen MR) is 119 cm³/mol. The number of thiophene rings is 1. The van der Waals surface area contributed by atoms with Crippen molar-refractivity contribution in [3.05, 3.63) is 60.2 Å². The third-order valence-corrected chi connectivity index (χ3v) is 7.78. The van der Waals surface area contributed by atoms with Gasteiger partial charge in [-0.2, -0.15) is 0 Å². The van der Waals surface area contributed by atoms with Crippen LogP contribution in [-0.4, -0.2) is 4.57 Å². The van der Waals surface area contributed by atoms with E-state index >= 15 is 0 Å². The number of aromatic nitrogens is 1. The van der Waals surface area contributed by atoms with Crippen LogP contribution in [0.3, 0.4) is 0 Å². The normalized spacial score (nSPS) is 16.2. The summed E-state index contributed by atoms with van der Waals surface area (Å²) in [5, 5.41) is 5.56. The van der Waals surface area contributed by atoms with Crippen LogP contribution in [0.5, 0.6) is 0 Å². The van der Waals surface area contributed by atoms with Crippen molar-refractivity contribution in [2.24, 2.45) is 7.05 Å². The zero-order valence-corrected chi connectivity index (χ0v) is 16.5. The molecule has 1 fully saturated rings. The van der Waals surface area contributed by atoms with E-state index in [1.54, 1.807) is 5.56 Å². The van der Waals surface area contributed by atoms with Gasteiger partial charge in [0.1, 0.15) is 0 Å². The lowest BCUT2D eigenvalue weighted by molar-refractivity contribution is 0.444. The molecule has 1 saturated carbocycles. The highest BCUT2D eigenvalue weighted by atomic mass is 32.1. The Hall–Kier alpha value is -2.32. The number of hydrogen-bond acceptors (Lipinski definition) is 1. The van der Waals surface area contributed by atoms with Crippen molar-refractivity contribution < 1.29 is 0 Å². The standard InChI is InChI=1S/C25H23NS/c1-26-22-10-6-5-9-18(22)20-13-14-21-19-12-11-17(16-7-3-2-4-8-16)15-23(19)27-25(21)24(20)26/h5-6,9-16H,2-4,7-8H2,1H3. The van der Waals surface area contributed by atoms with Crippen LogP contribution in [0, 0.1) is 0 Å². The van der Waals surface area contributed by atoms with E-state index in [1.807, 2.05) is 11.3 Å². The smallest absolute Gasteiger partial charge is 0.0670 e. The van der Waals surface area contributed by atoms with Crippen molar-refractivity contribution in [1.29, 1.82) is 0 Å². The molecule has 0 spiro atoms. The first-order valence-electron chi connectivity index (χ1n) is 10.1. The fourth-order valence-electron chi connectivity index (χ4n) is 5.20. The Morgan fingerprint density at radius 1 is 0.815 bits per heavy atom. The molecule has 0 atom stereocenters. The molecule has 0 amide bonds. The first-order valence-corrected chi connectivity index (χ1v) is 11.0. The average molecular weight is 370 g/mol. The monoisotopic (exact) mass is 369 g/mol. The molecular formula is C25H23NS. The van der Waals surface area contributed by atoms with Crippen molar-refractivity contribution in [2.75, 3.05) is 0 Å². The van der Waals surface area contributed by atoms with Gasteiger partial charge in [-0.1, -0.05) is 61.7 Å². The Labute approximate surface area is 163 Å². The molecule has 27 heavy (non-hydrogen) atoms. The van der Waals surface area contributed by atoms with Gasteiger partial charge < -0.3 is 4.57 Å². The van der Waals surface area contributed by atoms with E-state index in [1.165, 1.54) is 74.1 Å². The van der Waals surface area contributed by atoms with Gasteiger partial charge in [0, 0.05) is 38.8 Å². The molecule has 6 rings (SSSR count). The van der Waals surface area contributed by atoms with E-state index in [-0.39, 0.29) is 0 Å². The van der Waals surface area contributed by atoms with Crippen LogP contribution in [0.25, 0.3) is 42.0 Å². The largest absolute Gasteiger partial charge is 0.342 e. The lowest BCUT2D eigenvalue weighted by atomic mass is 9.84. The molecule has 1 aliphatic carbocycles. The minimum atomic E-state index is 0.769. The summed E-state index contributed by atoms with van der Waals surface area (Å²) in [4.78, 5) is 0. The molecule has 0 aliphatic heterocycles. The molecule has 0 radical (unpaired) electrons. The predicted octanol–water partition coefficient (Wildman–Crippen LogP) is 7.75. The van der Waals surface area contributed by atoms with E-state index in [0.717, 1.165) is 5.92 Å². The molecule has 5 aromatic rings. The van der Waals surface area contributed by atoms with Gasteiger partial charge in [0.15, 0.2) is 0 Å². The molecule has 2 heteroatoms. The summed E-state index contributed by atoms with van der Waals surface area (Å²) >= 11 is 1.98. The van der Waals surface area contributed by atoms with Gasteiger partial charge in [0.05, 0.1) is 10.2 Å². The van der Waals surface area contributed by atoms with Crippen molar-refractivity contribution >= 4 is 53.3 Å². The minimum Gasteiger partial charge on any atom is -0.342 e. The van der Waals surface area contributed by atoms with E-state index in [2.05, 4.69) is 66.2 Å². The number of hydrogen-bond donors (Lipinski definition) is 0. The molecule has 2 aromatic heterocycles. The average Bonchev–Trinajstić information content (AvgIpc) is 3.24. The van der Waals surface area contributed by atoms with E-state index in [9.17, 15) is 0 Å². The zero-order valence-electron chi connectivity index (χ0n) is 15.7. The molecular weight excluding hydrogens is 346 g/mol. The summed E-state index contributed by atoms with van der Waals surface area (Å²) < 4.78 is 5.26. The maximum atomic E-state index is 2.49. The Morgan fingerprint density at radius 3 is 2.48 bits per heavy atom. The minimum absolute atomic E-state index is 0.769. The van der Waals surface area contributed by atoms with Crippen LogP contribution in [0.2, 0.25) is 0 Å². The van der Waals surface area contributed by atoms with Gasteiger partial charge in [0.2, 0.25) is 0 Å². The van der Waals surface area contributed by atoms with Gasteiger partial charge in [0.25, 0.3) is 0 Å². The summed E-state index contributed by atoms with van der Waals surface area (Å²) in [5.41, 5.74) is 4.26. The van der Waals surface area contributed by atoms with Gasteiger partial charge in [-0.25, -0.2) is 0 Å². The third-order valence-electron chi connectivity index (χ3n) is 6.61. The van der Waals surface area contributed by atoms with Crippen LogP contribution < -0.4 is 0 Å². The summed E-state index contributed by atoms with van der Waals surface area (Å²) in [6, 6.07) is 20.7. The number of benzene rings is 3. The van der Waals surface area contributed by atoms with Gasteiger partial charge >= 0.3 is 0 Å². The lowest BCUT2D eigenvalue weighted by Gasteiger charge is -2.21. The van der Waals surface area contributed by atoms with Gasteiger partial charge in [-0.3, -0.25) is 0 Å². The van der Waals surface area contributed by atoms with Crippen molar-refractivity contribution in [3.8, 4) is 0 Å². The molecule has 1 aliphatic rings. The molecule has 134 valence electrons. The number of fused-ring (bicyclic) bond motifs is 7. The number of nitrogens with zero attached hydrogens (tertiary/aromatic N) is 1. The zero-order chi connectivity index (χ0) is 18.0. The Balaban J connectivity index is 1.64. The molecule has 1 nitrogen and oxygen atoms in total. The molecule has 0 bridgehead atoms. The second kappa shape index (κ2) is 5.84. The topological polar surface area (TPSA) is 4.93 Å². The van der Waals surface area contributed by atoms with Crippen LogP contribution in [-0.2, 0) is 7.05 Å². The fraction of sp³-hybridized carbons (Fsp3) is 0.280. The van der Waals surface area contributed by atoms with Gasteiger partial charge in [-0.15, -0.1) is 11.3 Å². The summed E-state index contributed by atoms with van der Waals surface area (Å²) in [6.07, 6.45) is 6.94. The molecule has 0 N–H and O–H groups in total.